The summed E-state index contributed by atoms with van der Waals surface area (Å²) in [5.41, 5.74) is -0.871. The lowest BCUT2D eigenvalue weighted by Gasteiger charge is -2.32. The van der Waals surface area contributed by atoms with Crippen molar-refractivity contribution < 1.29 is 28.6 Å². The van der Waals surface area contributed by atoms with Crippen LogP contribution in [0.1, 0.15) is 17.3 Å². The van der Waals surface area contributed by atoms with E-state index < -0.39 is 35.3 Å². The number of amides is 2. The van der Waals surface area contributed by atoms with E-state index in [4.69, 9.17) is 14.2 Å². The first-order valence-corrected chi connectivity index (χ1v) is 12.9. The summed E-state index contributed by atoms with van der Waals surface area (Å²) in [6.07, 6.45) is 2.31. The molecule has 0 unspecified atom stereocenters. The third kappa shape index (κ3) is 3.43. The molecule has 0 bridgehead atoms. The number of anilines is 1. The highest BCUT2D eigenvalue weighted by molar-refractivity contribution is 7.98. The molecule has 8 nitrogen and oxygen atoms in total. The Kier molecular flexibility index (Phi) is 5.84. The zero-order valence-corrected chi connectivity index (χ0v) is 19.9. The molecule has 1 N–H and O–H groups in total. The molecule has 4 heterocycles. The molecule has 4 atom stereocenters. The zero-order valence-electron chi connectivity index (χ0n) is 18.2. The molecule has 2 fully saturated rings. The number of carbonyl (C=O) groups is 3. The lowest BCUT2D eigenvalue weighted by molar-refractivity contribution is -0.152. The summed E-state index contributed by atoms with van der Waals surface area (Å²) in [5.74, 6) is -1.14. The number of fused-ring (bicyclic) bond motifs is 2. The van der Waals surface area contributed by atoms with Gasteiger partial charge in [0.05, 0.1) is 30.7 Å². The number of hydrogen-bond acceptors (Lipinski definition) is 9. The Hall–Kier alpha value is -2.56. The second-order valence-electron chi connectivity index (χ2n) is 8.19. The van der Waals surface area contributed by atoms with Crippen molar-refractivity contribution in [3.8, 4) is 11.5 Å². The fraction of sp³-hybridized carbons (Fsp3) is 0.435. The number of methoxy groups -OCH3 is 1. The molecular weight excluding hydrogens is 464 g/mol. The number of benzene rings is 1. The van der Waals surface area contributed by atoms with E-state index in [-0.39, 0.29) is 5.91 Å². The van der Waals surface area contributed by atoms with Crippen LogP contribution in [0.5, 0.6) is 11.5 Å². The second-order valence-corrected chi connectivity index (χ2v) is 10.2. The Morgan fingerprint density at radius 3 is 2.73 bits per heavy atom. The van der Waals surface area contributed by atoms with Gasteiger partial charge in [0.1, 0.15) is 18.8 Å². The first-order chi connectivity index (χ1) is 16.0. The topological polar surface area (TPSA) is 94.2 Å². The lowest BCUT2D eigenvalue weighted by Crippen LogP contribution is -2.56. The van der Waals surface area contributed by atoms with E-state index in [1.807, 2.05) is 23.8 Å². The molecule has 5 rings (SSSR count). The van der Waals surface area contributed by atoms with Crippen LogP contribution in [-0.2, 0) is 19.1 Å². The van der Waals surface area contributed by atoms with Crippen molar-refractivity contribution >= 4 is 46.6 Å². The predicted octanol–water partition coefficient (Wildman–Crippen LogP) is 2.63. The normalized spacial score (nSPS) is 28.2. The van der Waals surface area contributed by atoms with Crippen molar-refractivity contribution in [3.05, 3.63) is 40.6 Å². The molecule has 1 aromatic heterocycles. The average Bonchev–Trinajstić information content (AvgIpc) is 3.54. The van der Waals surface area contributed by atoms with E-state index in [9.17, 15) is 14.4 Å². The summed E-state index contributed by atoms with van der Waals surface area (Å²) in [7, 11) is 1.32. The molecule has 2 amide bonds. The molecule has 3 aliphatic rings. The van der Waals surface area contributed by atoms with Crippen molar-refractivity contribution in [1.29, 1.82) is 0 Å². The number of rotatable bonds is 6. The summed E-state index contributed by atoms with van der Waals surface area (Å²) >= 11 is 3.07. The molecule has 0 saturated carbocycles. The van der Waals surface area contributed by atoms with Gasteiger partial charge in [-0.25, -0.2) is 4.90 Å². The fourth-order valence-corrected chi connectivity index (χ4v) is 6.45. The molecule has 2 aromatic rings. The number of carbonyl (C=O) groups excluding carboxylic acids is 3. The maximum Gasteiger partial charge on any atom is 0.326 e. The van der Waals surface area contributed by atoms with E-state index in [0.29, 0.717) is 42.6 Å². The monoisotopic (exact) mass is 488 g/mol. The van der Waals surface area contributed by atoms with Gasteiger partial charge in [-0.1, -0.05) is 6.07 Å². The predicted molar refractivity (Wildman–Crippen MR) is 125 cm³/mol. The van der Waals surface area contributed by atoms with E-state index >= 15 is 0 Å². The minimum Gasteiger partial charge on any atom is -0.486 e. The molecule has 1 aromatic carbocycles. The van der Waals surface area contributed by atoms with Gasteiger partial charge in [0.25, 0.3) is 0 Å². The molecule has 10 heteroatoms. The number of esters is 1. The minimum absolute atomic E-state index is 0.331. The van der Waals surface area contributed by atoms with Crippen molar-refractivity contribution in [2.75, 3.05) is 37.2 Å². The van der Waals surface area contributed by atoms with Crippen LogP contribution in [0.4, 0.5) is 5.69 Å². The van der Waals surface area contributed by atoms with E-state index in [2.05, 4.69) is 5.32 Å². The van der Waals surface area contributed by atoms with Gasteiger partial charge in [-0.05, 0) is 42.0 Å². The molecule has 33 heavy (non-hydrogen) atoms. The molecule has 0 aliphatic carbocycles. The molecule has 0 radical (unpaired) electrons. The number of nitrogens with one attached hydrogen (secondary N) is 1. The van der Waals surface area contributed by atoms with Crippen molar-refractivity contribution in [3.63, 3.8) is 0 Å². The number of thioether (sulfide) groups is 1. The van der Waals surface area contributed by atoms with Crippen LogP contribution in [0.2, 0.25) is 0 Å². The third-order valence-electron chi connectivity index (χ3n) is 6.54. The van der Waals surface area contributed by atoms with Crippen LogP contribution in [0.15, 0.2) is 35.7 Å². The maximum atomic E-state index is 13.9. The summed E-state index contributed by atoms with van der Waals surface area (Å²) in [4.78, 5) is 42.9. The highest BCUT2D eigenvalue weighted by atomic mass is 32.2. The number of imide groups is 1. The van der Waals surface area contributed by atoms with Crippen LogP contribution >= 0.6 is 23.1 Å². The molecular formula is C23H24N2O6S2. The van der Waals surface area contributed by atoms with Crippen LogP contribution < -0.4 is 19.7 Å². The van der Waals surface area contributed by atoms with Gasteiger partial charge in [0.15, 0.2) is 11.5 Å². The molecule has 3 aliphatic heterocycles. The van der Waals surface area contributed by atoms with E-state index in [0.717, 1.165) is 4.88 Å². The van der Waals surface area contributed by atoms with Gasteiger partial charge in [0, 0.05) is 10.9 Å². The van der Waals surface area contributed by atoms with Crippen LogP contribution in [0.25, 0.3) is 0 Å². The standard InChI is InChI=1S/C23H24N2O6S2/c1-29-22(28)23(7-11-32-2)18-17(19(24-23)16-4-3-10-33-16)20(26)25(21(18)27)13-5-6-14-15(12-13)31-9-8-30-14/h3-6,10,12,17-19,24H,7-9,11H2,1-2H3/t17-,18+,19-,23-/m0/s1. The van der Waals surface area contributed by atoms with Crippen LogP contribution in [-0.4, -0.2) is 55.7 Å². The Morgan fingerprint density at radius 1 is 1.24 bits per heavy atom. The summed E-state index contributed by atoms with van der Waals surface area (Å²) in [5, 5.41) is 5.31. The Morgan fingerprint density at radius 2 is 2.03 bits per heavy atom. The van der Waals surface area contributed by atoms with Gasteiger partial charge in [-0.2, -0.15) is 11.8 Å². The largest absolute Gasteiger partial charge is 0.486 e. The Bertz CT molecular complexity index is 1090. The van der Waals surface area contributed by atoms with Gasteiger partial charge < -0.3 is 14.2 Å². The number of ether oxygens (including phenoxy) is 3. The summed E-state index contributed by atoms with van der Waals surface area (Å²) in [6, 6.07) is 8.40. The maximum absolute atomic E-state index is 13.9. The fourth-order valence-electron chi connectivity index (χ4n) is 5.11. The number of thiophene rings is 1. The van der Waals surface area contributed by atoms with Crippen molar-refractivity contribution in [2.45, 2.75) is 18.0 Å². The highest BCUT2D eigenvalue weighted by Crippen LogP contribution is 2.52. The lowest BCUT2D eigenvalue weighted by atomic mass is 9.78. The van der Waals surface area contributed by atoms with E-state index in [1.165, 1.54) is 23.3 Å². The van der Waals surface area contributed by atoms with Crippen LogP contribution in [0, 0.1) is 11.8 Å². The van der Waals surface area contributed by atoms with Gasteiger partial charge in [-0.15, -0.1) is 11.3 Å². The van der Waals surface area contributed by atoms with Gasteiger partial charge in [-0.3, -0.25) is 19.7 Å². The average molecular weight is 489 g/mol. The summed E-state index contributed by atoms with van der Waals surface area (Å²) < 4.78 is 16.4. The highest BCUT2D eigenvalue weighted by Gasteiger charge is 2.68. The zero-order chi connectivity index (χ0) is 23.2. The van der Waals surface area contributed by atoms with Crippen molar-refractivity contribution in [2.24, 2.45) is 11.8 Å². The number of nitrogens with zero attached hydrogens (tertiary/aromatic N) is 1. The quantitative estimate of drug-likeness (QED) is 0.490. The Balaban J connectivity index is 1.60. The smallest absolute Gasteiger partial charge is 0.326 e. The van der Waals surface area contributed by atoms with Gasteiger partial charge in [0.2, 0.25) is 11.8 Å². The summed E-state index contributed by atoms with van der Waals surface area (Å²) in [6.45, 7) is 0.845. The first-order valence-electron chi connectivity index (χ1n) is 10.7. The van der Waals surface area contributed by atoms with Crippen molar-refractivity contribution in [1.82, 2.24) is 5.32 Å². The first kappa shape index (κ1) is 22.2. The van der Waals surface area contributed by atoms with E-state index in [1.54, 1.807) is 30.0 Å². The molecule has 0 spiro atoms. The molecule has 2 saturated heterocycles. The Labute approximate surface area is 199 Å². The van der Waals surface area contributed by atoms with Gasteiger partial charge >= 0.3 is 5.97 Å². The second kappa shape index (κ2) is 8.66. The molecule has 174 valence electrons. The number of hydrogen-bond donors (Lipinski definition) is 1. The third-order valence-corrected chi connectivity index (χ3v) is 8.11. The minimum atomic E-state index is -1.29. The SMILES string of the molecule is COC(=O)[C@@]1(CCSC)N[C@@H](c2cccs2)[C@H]2C(=O)N(c3ccc4c(c3)OCCO4)C(=O)[C@@H]21. The van der Waals surface area contributed by atoms with Crippen LogP contribution in [0.3, 0.4) is 0 Å².